The molecule has 2 amide bonds. The van der Waals surface area contributed by atoms with E-state index in [1.54, 1.807) is 24.3 Å². The first-order valence-corrected chi connectivity index (χ1v) is 9.86. The number of carboxylic acid groups (broad SMARTS) is 1. The third-order valence-electron chi connectivity index (χ3n) is 5.38. The highest BCUT2D eigenvalue weighted by Crippen LogP contribution is 2.42. The summed E-state index contributed by atoms with van der Waals surface area (Å²) in [6.45, 7) is 3.98. The number of fused-ring (bicyclic) bond motifs is 2. The van der Waals surface area contributed by atoms with Gasteiger partial charge in [-0.1, -0.05) is 44.2 Å². The van der Waals surface area contributed by atoms with Crippen molar-refractivity contribution in [2.45, 2.75) is 26.7 Å². The number of carboxylic acids is 1. The number of aliphatic carboxylic acids is 1. The largest absolute Gasteiger partial charge is 0.506 e. The lowest BCUT2D eigenvalue weighted by Gasteiger charge is -2.16. The standard InChI is InChI=1S/C24H20FNO5/c1-12(2)9-17-15-5-3-4-6-16(15)22(29)21-20(17)23(30)26(24(21)31)14-8-7-13(10-19(27)28)18(25)11-14/h3-8,11-12,29H,9-10H2,1-2H3,(H,27,28). The zero-order valence-corrected chi connectivity index (χ0v) is 17.0. The van der Waals surface area contributed by atoms with Crippen LogP contribution in [0.2, 0.25) is 0 Å². The maximum Gasteiger partial charge on any atom is 0.307 e. The van der Waals surface area contributed by atoms with Crippen LogP contribution in [0.15, 0.2) is 42.5 Å². The van der Waals surface area contributed by atoms with Crippen LogP contribution in [0.1, 0.15) is 45.7 Å². The molecule has 0 aliphatic carbocycles. The van der Waals surface area contributed by atoms with Crippen LogP contribution >= 0.6 is 0 Å². The fourth-order valence-corrected chi connectivity index (χ4v) is 4.09. The highest BCUT2D eigenvalue weighted by atomic mass is 19.1. The highest BCUT2D eigenvalue weighted by Gasteiger charge is 2.42. The topological polar surface area (TPSA) is 94.9 Å². The number of amides is 2. The van der Waals surface area contributed by atoms with E-state index in [2.05, 4.69) is 0 Å². The molecule has 0 saturated heterocycles. The van der Waals surface area contributed by atoms with Gasteiger partial charge in [0.15, 0.2) is 0 Å². The van der Waals surface area contributed by atoms with Gasteiger partial charge in [0.1, 0.15) is 11.6 Å². The fourth-order valence-electron chi connectivity index (χ4n) is 4.09. The summed E-state index contributed by atoms with van der Waals surface area (Å²) in [5.41, 5.74) is 0.639. The number of carbonyl (C=O) groups is 3. The number of aromatic hydroxyl groups is 1. The van der Waals surface area contributed by atoms with Crippen molar-refractivity contribution in [2.75, 3.05) is 4.90 Å². The lowest BCUT2D eigenvalue weighted by atomic mass is 9.89. The van der Waals surface area contributed by atoms with Gasteiger partial charge in [-0.3, -0.25) is 14.4 Å². The minimum atomic E-state index is -1.19. The molecule has 0 unspecified atom stereocenters. The van der Waals surface area contributed by atoms with Gasteiger partial charge in [-0.2, -0.15) is 0 Å². The Hall–Kier alpha value is -3.74. The first-order chi connectivity index (χ1) is 14.7. The molecule has 0 fully saturated rings. The van der Waals surface area contributed by atoms with Crippen LogP contribution in [0.25, 0.3) is 10.8 Å². The summed E-state index contributed by atoms with van der Waals surface area (Å²) in [5.74, 6) is -3.49. The summed E-state index contributed by atoms with van der Waals surface area (Å²) in [6, 6.07) is 10.6. The van der Waals surface area contributed by atoms with Gasteiger partial charge >= 0.3 is 5.97 Å². The van der Waals surface area contributed by atoms with Gasteiger partial charge in [-0.05, 0) is 41.0 Å². The summed E-state index contributed by atoms with van der Waals surface area (Å²) < 4.78 is 14.4. The number of hydrogen-bond acceptors (Lipinski definition) is 4. The molecule has 0 saturated carbocycles. The lowest BCUT2D eigenvalue weighted by molar-refractivity contribution is -0.136. The normalized spacial score (nSPS) is 13.4. The van der Waals surface area contributed by atoms with Gasteiger partial charge in [-0.15, -0.1) is 0 Å². The summed E-state index contributed by atoms with van der Waals surface area (Å²) in [7, 11) is 0. The number of imide groups is 1. The summed E-state index contributed by atoms with van der Waals surface area (Å²) >= 11 is 0. The van der Waals surface area contributed by atoms with Crippen molar-refractivity contribution < 1.29 is 29.0 Å². The molecule has 0 bridgehead atoms. The second-order valence-corrected chi connectivity index (χ2v) is 8.01. The maximum atomic E-state index is 14.4. The Morgan fingerprint density at radius 3 is 2.29 bits per heavy atom. The molecule has 31 heavy (non-hydrogen) atoms. The van der Waals surface area contributed by atoms with Crippen molar-refractivity contribution in [3.63, 3.8) is 0 Å². The number of phenolic OH excluding ortho intramolecular Hbond substituents is 1. The fraction of sp³-hybridized carbons (Fsp3) is 0.208. The third kappa shape index (κ3) is 3.32. The number of anilines is 1. The first-order valence-electron chi connectivity index (χ1n) is 9.86. The molecule has 1 aliphatic rings. The summed E-state index contributed by atoms with van der Waals surface area (Å²) in [5, 5.41) is 20.9. The van der Waals surface area contributed by atoms with Gasteiger partial charge in [0.2, 0.25) is 0 Å². The third-order valence-corrected chi connectivity index (χ3v) is 5.38. The van der Waals surface area contributed by atoms with Crippen molar-refractivity contribution in [2.24, 2.45) is 5.92 Å². The van der Waals surface area contributed by atoms with Crippen LogP contribution in [0.5, 0.6) is 5.75 Å². The molecular weight excluding hydrogens is 401 g/mol. The average Bonchev–Trinajstić information content (AvgIpc) is 2.97. The number of hydrogen-bond donors (Lipinski definition) is 2. The molecule has 3 aromatic rings. The van der Waals surface area contributed by atoms with Crippen LogP contribution in [0.3, 0.4) is 0 Å². The Morgan fingerprint density at radius 1 is 1.03 bits per heavy atom. The van der Waals surface area contributed by atoms with Crippen LogP contribution in [0.4, 0.5) is 10.1 Å². The minimum absolute atomic E-state index is 0.0169. The molecular formula is C24H20FNO5. The SMILES string of the molecule is CC(C)Cc1c2c(c(O)c3ccccc13)C(=O)N(c1ccc(CC(=O)O)c(F)c1)C2=O. The number of benzene rings is 3. The van der Waals surface area contributed by atoms with Gasteiger partial charge < -0.3 is 10.2 Å². The Balaban J connectivity index is 1.90. The van der Waals surface area contributed by atoms with E-state index in [0.717, 1.165) is 11.0 Å². The predicted molar refractivity (Wildman–Crippen MR) is 113 cm³/mol. The van der Waals surface area contributed by atoms with Crippen LogP contribution < -0.4 is 4.90 Å². The Bertz CT molecular complexity index is 1260. The van der Waals surface area contributed by atoms with E-state index in [0.29, 0.717) is 22.8 Å². The van der Waals surface area contributed by atoms with Crippen molar-refractivity contribution in [3.05, 3.63) is 70.5 Å². The van der Waals surface area contributed by atoms with Crippen molar-refractivity contribution >= 4 is 34.2 Å². The van der Waals surface area contributed by atoms with Crippen molar-refractivity contribution in [1.82, 2.24) is 0 Å². The maximum absolute atomic E-state index is 14.4. The minimum Gasteiger partial charge on any atom is -0.506 e. The van der Waals surface area contributed by atoms with E-state index in [1.807, 2.05) is 13.8 Å². The van der Waals surface area contributed by atoms with E-state index >= 15 is 0 Å². The van der Waals surface area contributed by atoms with Gasteiger partial charge in [0.05, 0.1) is 23.2 Å². The number of carbonyl (C=O) groups excluding carboxylic acids is 2. The monoisotopic (exact) mass is 421 g/mol. The molecule has 2 N–H and O–H groups in total. The summed E-state index contributed by atoms with van der Waals surface area (Å²) in [6.07, 6.45) is 0.000836. The van der Waals surface area contributed by atoms with Crippen molar-refractivity contribution in [1.29, 1.82) is 0 Å². The molecule has 4 rings (SSSR count). The Labute approximate surface area is 177 Å². The molecule has 0 spiro atoms. The van der Waals surface area contributed by atoms with Crippen LogP contribution in [0, 0.1) is 11.7 Å². The quantitative estimate of drug-likeness (QED) is 0.599. The molecule has 1 aliphatic heterocycles. The van der Waals surface area contributed by atoms with Gasteiger partial charge in [-0.25, -0.2) is 9.29 Å². The number of phenols is 1. The molecule has 158 valence electrons. The smallest absolute Gasteiger partial charge is 0.307 e. The van der Waals surface area contributed by atoms with E-state index < -0.39 is 30.0 Å². The number of rotatable bonds is 5. The lowest BCUT2D eigenvalue weighted by Crippen LogP contribution is -2.29. The first kappa shape index (κ1) is 20.5. The van der Waals surface area contributed by atoms with E-state index in [-0.39, 0.29) is 34.0 Å². The summed E-state index contributed by atoms with van der Waals surface area (Å²) in [4.78, 5) is 38.3. The molecule has 0 aromatic heterocycles. The molecule has 0 atom stereocenters. The Kier molecular flexibility index (Phi) is 4.97. The predicted octanol–water partition coefficient (Wildman–Crippen LogP) is 4.31. The molecule has 7 heteroatoms. The van der Waals surface area contributed by atoms with Crippen LogP contribution in [-0.2, 0) is 17.6 Å². The molecule has 3 aromatic carbocycles. The van der Waals surface area contributed by atoms with Gasteiger partial charge in [0.25, 0.3) is 11.8 Å². The average molecular weight is 421 g/mol. The number of halogens is 1. The number of nitrogens with zero attached hydrogens (tertiary/aromatic N) is 1. The zero-order chi connectivity index (χ0) is 22.4. The van der Waals surface area contributed by atoms with E-state index in [4.69, 9.17) is 5.11 Å². The molecule has 1 heterocycles. The second-order valence-electron chi connectivity index (χ2n) is 8.01. The van der Waals surface area contributed by atoms with Crippen LogP contribution in [-0.4, -0.2) is 28.0 Å². The highest BCUT2D eigenvalue weighted by molar-refractivity contribution is 6.37. The Morgan fingerprint density at radius 2 is 1.68 bits per heavy atom. The van der Waals surface area contributed by atoms with E-state index in [1.165, 1.54) is 12.1 Å². The van der Waals surface area contributed by atoms with Crippen molar-refractivity contribution in [3.8, 4) is 5.75 Å². The second kappa shape index (κ2) is 7.50. The van der Waals surface area contributed by atoms with Gasteiger partial charge in [0, 0.05) is 5.39 Å². The van der Waals surface area contributed by atoms with E-state index in [9.17, 15) is 23.9 Å². The molecule has 6 nitrogen and oxygen atoms in total. The zero-order valence-electron chi connectivity index (χ0n) is 17.0. The molecule has 0 radical (unpaired) electrons.